The van der Waals surface area contributed by atoms with Crippen LogP contribution in [0.1, 0.15) is 56.8 Å². The average molecular weight is 405 g/mol. The summed E-state index contributed by atoms with van der Waals surface area (Å²) in [6.45, 7) is 3.57. The molecule has 0 bridgehead atoms. The molecule has 0 aromatic carbocycles. The second-order valence-corrected chi connectivity index (χ2v) is 8.52. The van der Waals surface area contributed by atoms with Crippen LogP contribution in [0.25, 0.3) is 0 Å². The molecule has 1 saturated heterocycles. The molecule has 1 aliphatic carbocycles. The van der Waals surface area contributed by atoms with Gasteiger partial charge in [-0.2, -0.15) is 9.47 Å². The Balaban J connectivity index is 1.53. The van der Waals surface area contributed by atoms with Crippen molar-refractivity contribution in [2.75, 3.05) is 23.3 Å². The van der Waals surface area contributed by atoms with E-state index in [4.69, 9.17) is 5.10 Å². The first kappa shape index (κ1) is 19.3. The molecule has 2 N–H and O–H groups in total. The van der Waals surface area contributed by atoms with Crippen LogP contribution >= 0.6 is 11.5 Å². The molecule has 28 heavy (non-hydrogen) atoms. The molecular formula is C19H28N6O2S. The van der Waals surface area contributed by atoms with Gasteiger partial charge in [0, 0.05) is 36.7 Å². The number of aromatic nitrogens is 4. The molecule has 152 valence electrons. The van der Waals surface area contributed by atoms with Crippen molar-refractivity contribution in [3.8, 4) is 0 Å². The molecule has 9 heteroatoms. The lowest BCUT2D eigenvalue weighted by Crippen LogP contribution is -2.45. The monoisotopic (exact) mass is 404 g/mol. The number of piperidine rings is 1. The molecule has 1 aliphatic heterocycles. The quantitative estimate of drug-likeness (QED) is 0.790. The van der Waals surface area contributed by atoms with E-state index < -0.39 is 6.10 Å². The van der Waals surface area contributed by atoms with Gasteiger partial charge in [-0.05, 0) is 45.1 Å². The van der Waals surface area contributed by atoms with Crippen LogP contribution in [0.5, 0.6) is 0 Å². The second-order valence-electron chi connectivity index (χ2n) is 7.76. The summed E-state index contributed by atoms with van der Waals surface area (Å²) in [6.07, 6.45) is 6.44. The maximum Gasteiger partial charge on any atom is 0.267 e. The van der Waals surface area contributed by atoms with Crippen molar-refractivity contribution < 1.29 is 5.11 Å². The highest BCUT2D eigenvalue weighted by molar-refractivity contribution is 7.09. The lowest BCUT2D eigenvalue weighted by Gasteiger charge is -2.37. The maximum atomic E-state index is 12.4. The van der Waals surface area contributed by atoms with Gasteiger partial charge in [-0.3, -0.25) is 4.79 Å². The number of hydrogen-bond acceptors (Lipinski definition) is 8. The lowest BCUT2D eigenvalue weighted by atomic mass is 9.93. The smallest absolute Gasteiger partial charge is 0.267 e. The second kappa shape index (κ2) is 8.57. The third-order valence-corrected chi connectivity index (χ3v) is 6.52. The van der Waals surface area contributed by atoms with Crippen LogP contribution in [0, 0.1) is 6.92 Å². The standard InChI is InChI=1S/C19H28N6O2S/c1-13-21-19(28-23-13)20-12-14-6-4-5-11-24(14)17-9-10-18(27)25(22-17)15-7-2-3-8-16(15)26/h9-10,14-16,26H,2-8,11-12H2,1H3,(H,20,21,23). The summed E-state index contributed by atoms with van der Waals surface area (Å²) in [5, 5.41) is 19.3. The van der Waals surface area contributed by atoms with E-state index in [9.17, 15) is 9.90 Å². The van der Waals surface area contributed by atoms with Crippen LogP contribution in [-0.4, -0.2) is 49.5 Å². The summed E-state index contributed by atoms with van der Waals surface area (Å²) in [5.74, 6) is 1.60. The molecule has 8 nitrogen and oxygen atoms in total. The summed E-state index contributed by atoms with van der Waals surface area (Å²) >= 11 is 1.38. The van der Waals surface area contributed by atoms with E-state index in [1.165, 1.54) is 22.6 Å². The third-order valence-electron chi connectivity index (χ3n) is 5.76. The van der Waals surface area contributed by atoms with Crippen LogP contribution in [0.15, 0.2) is 16.9 Å². The zero-order valence-corrected chi connectivity index (χ0v) is 17.1. The number of rotatable bonds is 5. The minimum absolute atomic E-state index is 0.134. The van der Waals surface area contributed by atoms with Gasteiger partial charge in [-0.25, -0.2) is 9.67 Å². The molecule has 2 aromatic rings. The van der Waals surface area contributed by atoms with Gasteiger partial charge in [0.1, 0.15) is 11.6 Å². The van der Waals surface area contributed by atoms with Crippen molar-refractivity contribution in [3.05, 3.63) is 28.3 Å². The Hall–Kier alpha value is -2.00. The van der Waals surface area contributed by atoms with E-state index in [-0.39, 0.29) is 17.6 Å². The van der Waals surface area contributed by atoms with Gasteiger partial charge < -0.3 is 15.3 Å². The topological polar surface area (TPSA) is 96.2 Å². The number of nitrogens with one attached hydrogen (secondary N) is 1. The fourth-order valence-corrected chi connectivity index (χ4v) is 4.85. The van der Waals surface area contributed by atoms with E-state index in [1.54, 1.807) is 6.07 Å². The van der Waals surface area contributed by atoms with E-state index in [2.05, 4.69) is 19.6 Å². The summed E-state index contributed by atoms with van der Waals surface area (Å²) in [4.78, 5) is 19.1. The summed E-state index contributed by atoms with van der Waals surface area (Å²) < 4.78 is 5.74. The van der Waals surface area contributed by atoms with Gasteiger partial charge in [-0.1, -0.05) is 12.8 Å². The molecule has 3 atom stereocenters. The maximum absolute atomic E-state index is 12.4. The normalized spacial score (nSPS) is 25.6. The molecule has 3 heterocycles. The Bertz CT molecular complexity index is 853. The predicted molar refractivity (Wildman–Crippen MR) is 110 cm³/mol. The van der Waals surface area contributed by atoms with Gasteiger partial charge in [0.05, 0.1) is 12.1 Å². The van der Waals surface area contributed by atoms with Crippen LogP contribution in [-0.2, 0) is 0 Å². The Morgan fingerprint density at radius 3 is 2.82 bits per heavy atom. The third kappa shape index (κ3) is 4.20. The predicted octanol–water partition coefficient (Wildman–Crippen LogP) is 2.35. The minimum atomic E-state index is -0.492. The molecule has 4 rings (SSSR count). The minimum Gasteiger partial charge on any atom is -0.391 e. The number of aryl methyl sites for hydroxylation is 1. The van der Waals surface area contributed by atoms with Gasteiger partial charge in [0.25, 0.3) is 5.56 Å². The number of aliphatic hydroxyl groups is 1. The van der Waals surface area contributed by atoms with Crippen LogP contribution in [0.3, 0.4) is 0 Å². The van der Waals surface area contributed by atoms with Crippen molar-refractivity contribution in [1.82, 2.24) is 19.1 Å². The van der Waals surface area contributed by atoms with Gasteiger partial charge >= 0.3 is 0 Å². The highest BCUT2D eigenvalue weighted by atomic mass is 32.1. The van der Waals surface area contributed by atoms with E-state index in [0.29, 0.717) is 0 Å². The molecule has 2 fully saturated rings. The molecule has 3 unspecified atom stereocenters. The Kier molecular flexibility index (Phi) is 5.91. The van der Waals surface area contributed by atoms with Crippen molar-refractivity contribution in [3.63, 3.8) is 0 Å². The summed E-state index contributed by atoms with van der Waals surface area (Å²) in [7, 11) is 0. The molecule has 0 radical (unpaired) electrons. The molecule has 2 aromatic heterocycles. The SMILES string of the molecule is Cc1nsc(NCC2CCCCN2c2ccc(=O)n(C3CCCCC3O)n2)n1. The highest BCUT2D eigenvalue weighted by Gasteiger charge is 2.28. The summed E-state index contributed by atoms with van der Waals surface area (Å²) in [6, 6.07) is 3.48. The molecule has 0 spiro atoms. The van der Waals surface area contributed by atoms with Crippen molar-refractivity contribution >= 4 is 22.5 Å². The average Bonchev–Trinajstić information content (AvgIpc) is 3.13. The van der Waals surface area contributed by atoms with Crippen molar-refractivity contribution in [1.29, 1.82) is 0 Å². The van der Waals surface area contributed by atoms with E-state index >= 15 is 0 Å². The van der Waals surface area contributed by atoms with Gasteiger partial charge in [-0.15, -0.1) is 0 Å². The Morgan fingerprint density at radius 1 is 1.21 bits per heavy atom. The molecular weight excluding hydrogens is 376 g/mol. The first-order chi connectivity index (χ1) is 13.6. The first-order valence-corrected chi connectivity index (χ1v) is 11.0. The van der Waals surface area contributed by atoms with Crippen LogP contribution < -0.4 is 15.8 Å². The number of hydrogen-bond donors (Lipinski definition) is 2. The zero-order chi connectivity index (χ0) is 19.5. The fraction of sp³-hybridized carbons (Fsp3) is 0.684. The van der Waals surface area contributed by atoms with Crippen LogP contribution in [0.4, 0.5) is 10.9 Å². The molecule has 1 saturated carbocycles. The first-order valence-electron chi connectivity index (χ1n) is 10.2. The zero-order valence-electron chi connectivity index (χ0n) is 16.3. The summed E-state index contributed by atoms with van der Waals surface area (Å²) in [5.41, 5.74) is -0.134. The van der Waals surface area contributed by atoms with Crippen molar-refractivity contribution in [2.45, 2.75) is 70.1 Å². The van der Waals surface area contributed by atoms with Gasteiger partial charge in [0.15, 0.2) is 0 Å². The van der Waals surface area contributed by atoms with Crippen LogP contribution in [0.2, 0.25) is 0 Å². The molecule has 0 amide bonds. The Labute approximate surface area is 168 Å². The number of anilines is 2. The molecule has 2 aliphatic rings. The van der Waals surface area contributed by atoms with Gasteiger partial charge in [0.2, 0.25) is 5.13 Å². The number of nitrogens with zero attached hydrogens (tertiary/aromatic N) is 5. The fourth-order valence-electron chi connectivity index (χ4n) is 4.27. The highest BCUT2D eigenvalue weighted by Crippen LogP contribution is 2.28. The van der Waals surface area contributed by atoms with Crippen molar-refractivity contribution in [2.24, 2.45) is 0 Å². The number of aliphatic hydroxyl groups excluding tert-OH is 1. The van der Waals surface area contributed by atoms with E-state index in [1.807, 2.05) is 13.0 Å². The lowest BCUT2D eigenvalue weighted by molar-refractivity contribution is 0.0669. The Morgan fingerprint density at radius 2 is 2.04 bits per heavy atom. The largest absolute Gasteiger partial charge is 0.391 e. The van der Waals surface area contributed by atoms with E-state index in [0.717, 1.165) is 68.4 Å².